The highest BCUT2D eigenvalue weighted by molar-refractivity contribution is 6.08. The number of benzene rings is 2. The number of likely N-dealkylation sites (tertiary alicyclic amines) is 1. The molecule has 2 aliphatic rings. The quantitative estimate of drug-likeness (QED) is 0.862. The van der Waals surface area contributed by atoms with E-state index in [2.05, 4.69) is 12.2 Å². The Balaban J connectivity index is 1.43. The molecule has 2 aromatic rings. The molecule has 1 atom stereocenters. The molecular formula is C23H28N2O3. The van der Waals surface area contributed by atoms with Gasteiger partial charge in [-0.25, -0.2) is 0 Å². The van der Waals surface area contributed by atoms with Crippen molar-refractivity contribution in [3.8, 4) is 5.75 Å². The molecule has 148 valence electrons. The Morgan fingerprint density at radius 2 is 1.71 bits per heavy atom. The van der Waals surface area contributed by atoms with E-state index in [0.29, 0.717) is 24.6 Å². The first-order valence-electron chi connectivity index (χ1n) is 10.2. The number of ether oxygens (including phenoxy) is 1. The van der Waals surface area contributed by atoms with Crippen LogP contribution in [0.3, 0.4) is 0 Å². The van der Waals surface area contributed by atoms with Crippen LogP contribution in [0.15, 0.2) is 36.4 Å². The predicted molar refractivity (Wildman–Crippen MR) is 109 cm³/mol. The molecule has 1 aliphatic carbocycles. The maximum atomic E-state index is 13.1. The Kier molecular flexibility index (Phi) is 5.25. The number of rotatable bonds is 5. The molecule has 1 heterocycles. The summed E-state index contributed by atoms with van der Waals surface area (Å²) in [7, 11) is 1.64. The summed E-state index contributed by atoms with van der Waals surface area (Å²) >= 11 is 0. The van der Waals surface area contributed by atoms with E-state index in [1.54, 1.807) is 7.11 Å². The molecule has 1 saturated carbocycles. The molecule has 0 aromatic heterocycles. The lowest BCUT2D eigenvalue weighted by Crippen LogP contribution is -2.45. The molecule has 2 aromatic carbocycles. The molecule has 0 spiro atoms. The largest absolute Gasteiger partial charge is 0.496 e. The maximum Gasteiger partial charge on any atom is 0.254 e. The van der Waals surface area contributed by atoms with E-state index in [0.717, 1.165) is 29.4 Å². The molecule has 2 fully saturated rings. The zero-order valence-electron chi connectivity index (χ0n) is 16.6. The summed E-state index contributed by atoms with van der Waals surface area (Å²) in [5, 5.41) is 5.02. The van der Waals surface area contributed by atoms with Crippen molar-refractivity contribution in [2.24, 2.45) is 11.8 Å². The topological polar surface area (TPSA) is 58.6 Å². The van der Waals surface area contributed by atoms with Gasteiger partial charge in [-0.15, -0.1) is 0 Å². The SMILES string of the molecule is COc1ccc(C(=O)N2CCC(C(=O)N[C@H](C)C3CC3)CC2)c2ccccc12. The molecule has 2 amide bonds. The number of nitrogens with zero attached hydrogens (tertiary/aromatic N) is 1. The molecule has 1 saturated heterocycles. The van der Waals surface area contributed by atoms with E-state index in [1.165, 1.54) is 12.8 Å². The summed E-state index contributed by atoms with van der Waals surface area (Å²) in [6, 6.07) is 11.8. The summed E-state index contributed by atoms with van der Waals surface area (Å²) < 4.78 is 5.43. The van der Waals surface area contributed by atoms with Crippen molar-refractivity contribution >= 4 is 22.6 Å². The summed E-state index contributed by atoms with van der Waals surface area (Å²) in [5.74, 6) is 1.63. The second kappa shape index (κ2) is 7.82. The molecular weight excluding hydrogens is 352 g/mol. The Morgan fingerprint density at radius 3 is 2.36 bits per heavy atom. The van der Waals surface area contributed by atoms with Crippen molar-refractivity contribution in [2.45, 2.75) is 38.6 Å². The van der Waals surface area contributed by atoms with E-state index in [-0.39, 0.29) is 23.8 Å². The summed E-state index contributed by atoms with van der Waals surface area (Å²) in [4.78, 5) is 27.5. The normalized spacial score (nSPS) is 18.7. The highest BCUT2D eigenvalue weighted by Crippen LogP contribution is 2.33. The fourth-order valence-electron chi connectivity index (χ4n) is 4.21. The van der Waals surface area contributed by atoms with Gasteiger partial charge in [-0.1, -0.05) is 24.3 Å². The lowest BCUT2D eigenvalue weighted by atomic mass is 9.94. The van der Waals surface area contributed by atoms with E-state index in [1.807, 2.05) is 41.3 Å². The van der Waals surface area contributed by atoms with Crippen molar-refractivity contribution in [1.82, 2.24) is 10.2 Å². The van der Waals surface area contributed by atoms with Crippen LogP contribution in [-0.2, 0) is 4.79 Å². The fourth-order valence-corrected chi connectivity index (χ4v) is 4.21. The Hall–Kier alpha value is -2.56. The van der Waals surface area contributed by atoms with Crippen LogP contribution in [-0.4, -0.2) is 43.0 Å². The van der Waals surface area contributed by atoms with Gasteiger partial charge >= 0.3 is 0 Å². The number of carbonyl (C=O) groups is 2. The van der Waals surface area contributed by atoms with Crippen molar-refractivity contribution in [3.05, 3.63) is 42.0 Å². The monoisotopic (exact) mass is 380 g/mol. The molecule has 5 nitrogen and oxygen atoms in total. The third kappa shape index (κ3) is 3.71. The third-order valence-electron chi connectivity index (χ3n) is 6.19. The highest BCUT2D eigenvalue weighted by atomic mass is 16.5. The molecule has 1 N–H and O–H groups in total. The van der Waals surface area contributed by atoms with Crippen LogP contribution in [0.4, 0.5) is 0 Å². The van der Waals surface area contributed by atoms with Gasteiger partial charge in [0.05, 0.1) is 7.11 Å². The number of nitrogens with one attached hydrogen (secondary N) is 1. The van der Waals surface area contributed by atoms with E-state index in [4.69, 9.17) is 4.74 Å². The van der Waals surface area contributed by atoms with Crippen LogP contribution in [0.5, 0.6) is 5.75 Å². The third-order valence-corrected chi connectivity index (χ3v) is 6.19. The molecule has 0 bridgehead atoms. The van der Waals surface area contributed by atoms with E-state index in [9.17, 15) is 9.59 Å². The zero-order valence-corrected chi connectivity index (χ0v) is 16.6. The van der Waals surface area contributed by atoms with Gasteiger partial charge in [0.2, 0.25) is 5.91 Å². The minimum absolute atomic E-state index is 0.0119. The number of methoxy groups -OCH3 is 1. The van der Waals surface area contributed by atoms with Gasteiger partial charge in [0.15, 0.2) is 0 Å². The molecule has 4 rings (SSSR count). The standard InChI is InChI=1S/C23H28N2O3/c1-15(16-7-8-16)24-22(26)17-11-13-25(14-12-17)23(27)20-9-10-21(28-2)19-6-4-3-5-18(19)20/h3-6,9-10,15-17H,7-8,11-14H2,1-2H3,(H,24,26)/t15-/m1/s1. The van der Waals surface area contributed by atoms with Crippen molar-refractivity contribution in [3.63, 3.8) is 0 Å². The van der Waals surface area contributed by atoms with Gasteiger partial charge in [0.25, 0.3) is 5.91 Å². The second-order valence-electron chi connectivity index (χ2n) is 8.06. The lowest BCUT2D eigenvalue weighted by Gasteiger charge is -2.32. The zero-order chi connectivity index (χ0) is 19.7. The van der Waals surface area contributed by atoms with Crippen LogP contribution >= 0.6 is 0 Å². The van der Waals surface area contributed by atoms with Gasteiger partial charge in [0, 0.05) is 36.0 Å². The first-order chi connectivity index (χ1) is 13.6. The molecule has 1 aliphatic heterocycles. The van der Waals surface area contributed by atoms with Gasteiger partial charge in [-0.2, -0.15) is 0 Å². The van der Waals surface area contributed by atoms with Crippen LogP contribution in [0, 0.1) is 11.8 Å². The summed E-state index contributed by atoms with van der Waals surface area (Å²) in [5.41, 5.74) is 0.696. The maximum absolute atomic E-state index is 13.1. The molecule has 5 heteroatoms. The smallest absolute Gasteiger partial charge is 0.254 e. The number of piperidine rings is 1. The summed E-state index contributed by atoms with van der Waals surface area (Å²) in [6.45, 7) is 3.34. The van der Waals surface area contributed by atoms with Gasteiger partial charge in [-0.05, 0) is 56.0 Å². The van der Waals surface area contributed by atoms with Crippen molar-refractivity contribution in [2.75, 3.05) is 20.2 Å². The Bertz CT molecular complexity index is 883. The average molecular weight is 380 g/mol. The van der Waals surface area contributed by atoms with Crippen molar-refractivity contribution < 1.29 is 14.3 Å². The highest BCUT2D eigenvalue weighted by Gasteiger charge is 2.33. The first kappa shape index (κ1) is 18.8. The van der Waals surface area contributed by atoms with Crippen LogP contribution in [0.25, 0.3) is 10.8 Å². The molecule has 0 unspecified atom stereocenters. The minimum atomic E-state index is 0.0119. The summed E-state index contributed by atoms with van der Waals surface area (Å²) in [6.07, 6.45) is 3.90. The fraction of sp³-hybridized carbons (Fsp3) is 0.478. The van der Waals surface area contributed by atoms with Crippen LogP contribution in [0.2, 0.25) is 0 Å². The number of fused-ring (bicyclic) bond motifs is 1. The van der Waals surface area contributed by atoms with Gasteiger partial charge < -0.3 is 15.0 Å². The van der Waals surface area contributed by atoms with E-state index < -0.39 is 0 Å². The number of amides is 2. The Morgan fingerprint density at radius 1 is 1.04 bits per heavy atom. The van der Waals surface area contributed by atoms with Gasteiger partial charge in [0.1, 0.15) is 5.75 Å². The van der Waals surface area contributed by atoms with Crippen molar-refractivity contribution in [1.29, 1.82) is 0 Å². The van der Waals surface area contributed by atoms with Crippen LogP contribution in [0.1, 0.15) is 43.0 Å². The number of carbonyl (C=O) groups excluding carboxylic acids is 2. The number of hydrogen-bond acceptors (Lipinski definition) is 3. The Labute approximate surface area is 166 Å². The second-order valence-corrected chi connectivity index (χ2v) is 8.06. The first-order valence-corrected chi connectivity index (χ1v) is 10.2. The predicted octanol–water partition coefficient (Wildman–Crippen LogP) is 3.62. The lowest BCUT2D eigenvalue weighted by molar-refractivity contribution is -0.127. The number of hydrogen-bond donors (Lipinski definition) is 1. The van der Waals surface area contributed by atoms with Crippen LogP contribution < -0.4 is 10.1 Å². The average Bonchev–Trinajstić information content (AvgIpc) is 3.58. The minimum Gasteiger partial charge on any atom is -0.496 e. The van der Waals surface area contributed by atoms with Gasteiger partial charge in [-0.3, -0.25) is 9.59 Å². The molecule has 0 radical (unpaired) electrons. The molecule has 28 heavy (non-hydrogen) atoms. The van der Waals surface area contributed by atoms with E-state index >= 15 is 0 Å².